The van der Waals surface area contributed by atoms with Crippen molar-refractivity contribution < 1.29 is 17.6 Å². The Balaban J connectivity index is 1.44. The molecule has 2 aromatic carbocycles. The Morgan fingerprint density at radius 2 is 1.70 bits per heavy atom. The second-order valence-electron chi connectivity index (χ2n) is 6.67. The topological polar surface area (TPSA) is 70.6 Å². The molecular weight excluding hydrogens is 449 g/mol. The van der Waals surface area contributed by atoms with E-state index in [4.69, 9.17) is 11.6 Å². The summed E-state index contributed by atoms with van der Waals surface area (Å²) in [5.74, 6) is -0.592. The molecule has 0 atom stereocenters. The van der Waals surface area contributed by atoms with Crippen LogP contribution in [0.15, 0.2) is 58.8 Å². The Labute approximate surface area is 182 Å². The van der Waals surface area contributed by atoms with Crippen LogP contribution in [0.25, 0.3) is 10.6 Å². The van der Waals surface area contributed by atoms with Crippen LogP contribution in [-0.2, 0) is 10.0 Å². The molecule has 0 radical (unpaired) electrons. The van der Waals surface area contributed by atoms with Gasteiger partial charge < -0.3 is 4.90 Å². The van der Waals surface area contributed by atoms with Crippen molar-refractivity contribution >= 4 is 38.9 Å². The van der Waals surface area contributed by atoms with Gasteiger partial charge in [0.1, 0.15) is 21.4 Å². The van der Waals surface area contributed by atoms with Gasteiger partial charge in [-0.25, -0.2) is 17.8 Å². The Kier molecular flexibility index (Phi) is 5.88. The lowest BCUT2D eigenvalue weighted by atomic mass is 10.2. The number of carbonyl (C=O) groups excluding carboxylic acids is 1. The predicted octanol–water partition coefficient (Wildman–Crippen LogP) is 3.75. The second kappa shape index (κ2) is 8.43. The maximum atomic E-state index is 13.1. The molecule has 1 fully saturated rings. The number of rotatable bonds is 4. The molecule has 1 aliphatic rings. The van der Waals surface area contributed by atoms with Crippen LogP contribution >= 0.6 is 22.9 Å². The molecule has 6 nitrogen and oxygen atoms in total. The van der Waals surface area contributed by atoms with E-state index >= 15 is 0 Å². The summed E-state index contributed by atoms with van der Waals surface area (Å²) in [7, 11) is -3.72. The summed E-state index contributed by atoms with van der Waals surface area (Å²) in [6.07, 6.45) is 0. The molecule has 1 aromatic heterocycles. The van der Waals surface area contributed by atoms with Gasteiger partial charge in [-0.15, -0.1) is 11.3 Å². The minimum Gasteiger partial charge on any atom is -0.335 e. The molecule has 10 heteroatoms. The lowest BCUT2D eigenvalue weighted by Gasteiger charge is -2.33. The number of amides is 1. The van der Waals surface area contributed by atoms with E-state index in [2.05, 4.69) is 4.98 Å². The number of hydrogen-bond donors (Lipinski definition) is 0. The van der Waals surface area contributed by atoms with Crippen LogP contribution < -0.4 is 0 Å². The SMILES string of the molecule is O=C(c1csc(-c2ccc(F)cc2)n1)N1CCN(S(=O)(=O)c2ccccc2Cl)CC1. The van der Waals surface area contributed by atoms with E-state index in [1.807, 2.05) is 0 Å². The minimum absolute atomic E-state index is 0.0647. The highest BCUT2D eigenvalue weighted by Crippen LogP contribution is 2.27. The number of thiazole rings is 1. The highest BCUT2D eigenvalue weighted by molar-refractivity contribution is 7.89. The van der Waals surface area contributed by atoms with Crippen molar-refractivity contribution in [3.05, 3.63) is 70.4 Å². The van der Waals surface area contributed by atoms with Gasteiger partial charge in [-0.2, -0.15) is 4.31 Å². The van der Waals surface area contributed by atoms with Gasteiger partial charge in [0.25, 0.3) is 5.91 Å². The monoisotopic (exact) mass is 465 g/mol. The zero-order valence-electron chi connectivity index (χ0n) is 15.7. The summed E-state index contributed by atoms with van der Waals surface area (Å²) in [6, 6.07) is 12.2. The summed E-state index contributed by atoms with van der Waals surface area (Å²) in [6.45, 7) is 0.861. The lowest BCUT2D eigenvalue weighted by molar-refractivity contribution is 0.0693. The van der Waals surface area contributed by atoms with Gasteiger partial charge in [-0.05, 0) is 36.4 Å². The van der Waals surface area contributed by atoms with Gasteiger partial charge >= 0.3 is 0 Å². The quantitative estimate of drug-likeness (QED) is 0.588. The highest BCUT2D eigenvalue weighted by atomic mass is 35.5. The first-order chi connectivity index (χ1) is 14.4. The maximum Gasteiger partial charge on any atom is 0.273 e. The normalized spacial score (nSPS) is 15.3. The van der Waals surface area contributed by atoms with E-state index in [1.165, 1.54) is 39.9 Å². The van der Waals surface area contributed by atoms with Gasteiger partial charge in [0, 0.05) is 37.1 Å². The van der Waals surface area contributed by atoms with E-state index in [1.54, 1.807) is 34.5 Å². The molecule has 4 rings (SSSR count). The number of piperazine rings is 1. The number of carbonyl (C=O) groups is 1. The van der Waals surface area contributed by atoms with Gasteiger partial charge in [0.05, 0.1) is 5.02 Å². The summed E-state index contributed by atoms with van der Waals surface area (Å²) in [5, 5.41) is 2.46. The van der Waals surface area contributed by atoms with E-state index in [-0.39, 0.29) is 47.8 Å². The molecule has 0 unspecified atom stereocenters. The largest absolute Gasteiger partial charge is 0.335 e. The van der Waals surface area contributed by atoms with Crippen molar-refractivity contribution in [2.24, 2.45) is 0 Å². The van der Waals surface area contributed by atoms with Crippen LogP contribution in [0.5, 0.6) is 0 Å². The average Bonchev–Trinajstić information content (AvgIpc) is 3.24. The third-order valence-electron chi connectivity index (χ3n) is 4.79. The average molecular weight is 466 g/mol. The van der Waals surface area contributed by atoms with Crippen LogP contribution in [0.1, 0.15) is 10.5 Å². The lowest BCUT2D eigenvalue weighted by Crippen LogP contribution is -2.50. The zero-order valence-corrected chi connectivity index (χ0v) is 18.1. The van der Waals surface area contributed by atoms with Crippen LogP contribution in [0.4, 0.5) is 4.39 Å². The molecule has 0 spiro atoms. The fourth-order valence-electron chi connectivity index (χ4n) is 3.18. The Morgan fingerprint density at radius 3 is 2.37 bits per heavy atom. The number of aromatic nitrogens is 1. The van der Waals surface area contributed by atoms with Gasteiger partial charge in [0.2, 0.25) is 10.0 Å². The summed E-state index contributed by atoms with van der Waals surface area (Å²) >= 11 is 7.35. The first kappa shape index (κ1) is 20.9. The molecule has 1 saturated heterocycles. The molecule has 0 saturated carbocycles. The Bertz CT molecular complexity index is 1170. The van der Waals surface area contributed by atoms with Gasteiger partial charge in [0.15, 0.2) is 0 Å². The molecule has 3 aromatic rings. The fourth-order valence-corrected chi connectivity index (χ4v) is 5.90. The van der Waals surface area contributed by atoms with Crippen LogP contribution in [0.2, 0.25) is 5.02 Å². The van der Waals surface area contributed by atoms with E-state index in [9.17, 15) is 17.6 Å². The number of hydrogen-bond acceptors (Lipinski definition) is 5. The number of benzene rings is 2. The first-order valence-electron chi connectivity index (χ1n) is 9.12. The minimum atomic E-state index is -3.72. The number of sulfonamides is 1. The molecular formula is C20H17ClFN3O3S2. The van der Waals surface area contributed by atoms with E-state index < -0.39 is 10.0 Å². The van der Waals surface area contributed by atoms with E-state index in [0.29, 0.717) is 10.7 Å². The molecule has 156 valence electrons. The third-order valence-corrected chi connectivity index (χ3v) is 8.08. The van der Waals surface area contributed by atoms with E-state index in [0.717, 1.165) is 5.56 Å². The van der Waals surface area contributed by atoms with Gasteiger partial charge in [-0.3, -0.25) is 4.79 Å². The molecule has 30 heavy (non-hydrogen) atoms. The Hall–Kier alpha value is -2.33. The summed E-state index contributed by atoms with van der Waals surface area (Å²) in [4.78, 5) is 18.8. The molecule has 2 heterocycles. The van der Waals surface area contributed by atoms with Gasteiger partial charge in [-0.1, -0.05) is 23.7 Å². The fraction of sp³-hybridized carbons (Fsp3) is 0.200. The van der Waals surface area contributed by atoms with Crippen molar-refractivity contribution in [1.82, 2.24) is 14.2 Å². The second-order valence-corrected chi connectivity index (χ2v) is 9.84. The smallest absolute Gasteiger partial charge is 0.273 e. The molecule has 0 N–H and O–H groups in total. The summed E-state index contributed by atoms with van der Waals surface area (Å²) < 4.78 is 40.1. The van der Waals surface area contributed by atoms with Crippen molar-refractivity contribution in [2.45, 2.75) is 4.90 Å². The van der Waals surface area contributed by atoms with Crippen LogP contribution in [0, 0.1) is 5.82 Å². The summed E-state index contributed by atoms with van der Waals surface area (Å²) in [5.41, 5.74) is 1.03. The third kappa shape index (κ3) is 4.11. The number of halogens is 2. The highest BCUT2D eigenvalue weighted by Gasteiger charge is 2.32. The van der Waals surface area contributed by atoms with Crippen molar-refractivity contribution in [1.29, 1.82) is 0 Å². The molecule has 0 aliphatic carbocycles. The first-order valence-corrected chi connectivity index (χ1v) is 11.8. The zero-order chi connectivity index (χ0) is 21.3. The molecule has 1 amide bonds. The van der Waals surface area contributed by atoms with Crippen LogP contribution in [-0.4, -0.2) is 54.7 Å². The predicted molar refractivity (Wildman–Crippen MR) is 114 cm³/mol. The van der Waals surface area contributed by atoms with Crippen molar-refractivity contribution in [3.8, 4) is 10.6 Å². The van der Waals surface area contributed by atoms with Crippen LogP contribution in [0.3, 0.4) is 0 Å². The molecule has 1 aliphatic heterocycles. The Morgan fingerprint density at radius 1 is 1.03 bits per heavy atom. The standard InChI is InChI=1S/C20H17ClFN3O3S2/c21-16-3-1-2-4-18(16)30(27,28)25-11-9-24(10-12-25)20(26)17-13-29-19(23-17)14-5-7-15(22)8-6-14/h1-8,13H,9-12H2. The molecule has 0 bridgehead atoms. The number of nitrogens with zero attached hydrogens (tertiary/aromatic N) is 3. The maximum absolute atomic E-state index is 13.1. The van der Waals surface area contributed by atoms with Crippen molar-refractivity contribution in [3.63, 3.8) is 0 Å². The van der Waals surface area contributed by atoms with Crippen molar-refractivity contribution in [2.75, 3.05) is 26.2 Å².